The zero-order valence-electron chi connectivity index (χ0n) is 23.1. The zero-order valence-corrected chi connectivity index (χ0v) is 23.1. The Hall–Kier alpha value is -2.03. The fraction of sp³-hybridized carbons (Fsp3) is 0.667. The van der Waals surface area contributed by atoms with Crippen molar-refractivity contribution in [2.45, 2.75) is 111 Å². The van der Waals surface area contributed by atoms with E-state index < -0.39 is 5.97 Å². The molecule has 0 unspecified atom stereocenters. The Morgan fingerprint density at radius 1 is 1.06 bits per heavy atom. The van der Waals surface area contributed by atoms with Crippen molar-refractivity contribution in [1.82, 2.24) is 0 Å². The number of aromatic hydroxyl groups is 1. The van der Waals surface area contributed by atoms with E-state index in [0.717, 1.165) is 38.5 Å². The van der Waals surface area contributed by atoms with Gasteiger partial charge in [0.25, 0.3) is 0 Å². The third-order valence-corrected chi connectivity index (χ3v) is 12.2. The summed E-state index contributed by atoms with van der Waals surface area (Å²) >= 11 is 0. The Morgan fingerprint density at radius 3 is 2.44 bits per heavy atom. The second-order valence-corrected chi connectivity index (χ2v) is 14.6. The van der Waals surface area contributed by atoms with Gasteiger partial charge in [-0.2, -0.15) is 0 Å². The molecule has 0 amide bonds. The lowest BCUT2D eigenvalue weighted by Gasteiger charge is -2.66. The number of rotatable bonds is 3. The highest BCUT2D eigenvalue weighted by Gasteiger charge is 2.64. The van der Waals surface area contributed by atoms with Gasteiger partial charge in [0.15, 0.2) is 0 Å². The van der Waals surface area contributed by atoms with Crippen molar-refractivity contribution in [1.29, 1.82) is 0 Å². The molecule has 2 N–H and O–H groups in total. The summed E-state index contributed by atoms with van der Waals surface area (Å²) in [6, 6.07) is 2.12. The normalized spacial score (nSPS) is 43.1. The fourth-order valence-electron chi connectivity index (χ4n) is 9.63. The van der Waals surface area contributed by atoms with Crippen LogP contribution in [0.2, 0.25) is 0 Å². The summed E-state index contributed by atoms with van der Waals surface area (Å²) in [6.45, 7) is 14.3. The van der Waals surface area contributed by atoms with E-state index in [2.05, 4.69) is 65.8 Å². The van der Waals surface area contributed by atoms with E-state index in [-0.39, 0.29) is 33.5 Å². The van der Waals surface area contributed by atoms with Crippen LogP contribution < -0.4 is 0 Å². The number of benzene rings is 1. The largest absolute Gasteiger partial charge is 0.508 e. The lowest BCUT2D eigenvalue weighted by Crippen LogP contribution is -2.59. The third-order valence-electron chi connectivity index (χ3n) is 12.2. The van der Waals surface area contributed by atoms with Gasteiger partial charge in [-0.3, -0.25) is 4.79 Å². The molecule has 0 saturated heterocycles. The van der Waals surface area contributed by atoms with Gasteiger partial charge in [-0.05, 0) is 109 Å². The van der Waals surface area contributed by atoms with Gasteiger partial charge in [0, 0.05) is 16.4 Å². The highest BCUT2D eigenvalue weighted by Crippen LogP contribution is 2.72. The lowest BCUT2D eigenvalue weighted by atomic mass is 9.37. The van der Waals surface area contributed by atoms with Crippen LogP contribution in [0.1, 0.15) is 121 Å². The molecule has 3 saturated carbocycles. The predicted octanol–water partition coefficient (Wildman–Crippen LogP) is 8.29. The van der Waals surface area contributed by atoms with Crippen LogP contribution in [-0.2, 0) is 10.2 Å². The number of phenols is 1. The van der Waals surface area contributed by atoms with Gasteiger partial charge in [0.2, 0.25) is 0 Å². The van der Waals surface area contributed by atoms with Crippen molar-refractivity contribution < 1.29 is 15.0 Å². The van der Waals surface area contributed by atoms with Gasteiger partial charge in [-0.25, -0.2) is 0 Å². The van der Waals surface area contributed by atoms with E-state index in [1.807, 2.05) is 0 Å². The summed E-state index contributed by atoms with van der Waals surface area (Å²) in [5.74, 6) is 0.868. The molecular formula is C33H44O3. The van der Waals surface area contributed by atoms with Crippen molar-refractivity contribution in [3.63, 3.8) is 0 Å². The molecule has 0 radical (unpaired) electrons. The fourth-order valence-corrected chi connectivity index (χ4v) is 9.63. The van der Waals surface area contributed by atoms with Crippen LogP contribution in [0.5, 0.6) is 5.75 Å². The van der Waals surface area contributed by atoms with Crippen molar-refractivity contribution >= 4 is 12.0 Å². The second-order valence-electron chi connectivity index (χ2n) is 14.6. The van der Waals surface area contributed by atoms with E-state index in [1.165, 1.54) is 35.1 Å². The van der Waals surface area contributed by atoms with E-state index in [0.29, 0.717) is 17.6 Å². The Bertz CT molecular complexity index is 1220. The summed E-state index contributed by atoms with van der Waals surface area (Å²) < 4.78 is 0. The molecule has 194 valence electrons. The SMILES string of the molecule is Cc1c2c(cc(O)c1C1CC1)[C@]1(C)CC[C@]3(C)C(=CC[C@@]4(C)CC[C@@](C)(CC(=O)O)C[C@H]43)[C@]1(C)C=C2. The van der Waals surface area contributed by atoms with E-state index in [4.69, 9.17) is 0 Å². The molecule has 5 aliphatic carbocycles. The van der Waals surface area contributed by atoms with Crippen LogP contribution in [0.3, 0.4) is 0 Å². The molecule has 0 heterocycles. The van der Waals surface area contributed by atoms with Crippen LogP contribution in [0.25, 0.3) is 6.08 Å². The zero-order chi connectivity index (χ0) is 25.9. The van der Waals surface area contributed by atoms with Gasteiger partial charge in [-0.15, -0.1) is 0 Å². The third kappa shape index (κ3) is 3.07. The first-order chi connectivity index (χ1) is 16.8. The average Bonchev–Trinajstić information content (AvgIpc) is 3.61. The minimum absolute atomic E-state index is 0.0638. The van der Waals surface area contributed by atoms with Crippen molar-refractivity contribution in [3.05, 3.63) is 46.0 Å². The van der Waals surface area contributed by atoms with Gasteiger partial charge < -0.3 is 10.2 Å². The first-order valence-electron chi connectivity index (χ1n) is 14.3. The molecule has 0 bridgehead atoms. The minimum Gasteiger partial charge on any atom is -0.508 e. The first-order valence-corrected chi connectivity index (χ1v) is 14.3. The standard InChI is InChI=1S/C33H44O3/c1-20-22-9-12-33(6)25-10-11-30(3)14-13-29(2,19-27(35)36)18-26(30)31(25,4)15-16-32(33,5)23(22)17-24(34)28(20)21-7-8-21/h9-10,12,17,21,26,34H,7-8,11,13-16,18-19H2,1-6H3,(H,35,36)/t26-,29-,30+,31-,32+,33+/m1/s1. The number of carbonyl (C=O) groups is 1. The predicted molar refractivity (Wildman–Crippen MR) is 145 cm³/mol. The topological polar surface area (TPSA) is 57.5 Å². The molecule has 1 aromatic carbocycles. The molecular weight excluding hydrogens is 444 g/mol. The summed E-state index contributed by atoms with van der Waals surface area (Å²) in [5.41, 5.74) is 6.68. The summed E-state index contributed by atoms with van der Waals surface area (Å²) in [6.07, 6.45) is 16.5. The number of fused-ring (bicyclic) bond motifs is 7. The minimum atomic E-state index is -0.659. The van der Waals surface area contributed by atoms with Crippen LogP contribution >= 0.6 is 0 Å². The quantitative estimate of drug-likeness (QED) is 0.421. The highest BCUT2D eigenvalue weighted by molar-refractivity contribution is 5.71. The molecule has 6 atom stereocenters. The van der Waals surface area contributed by atoms with Crippen molar-refractivity contribution in [2.24, 2.45) is 27.6 Å². The molecule has 0 spiro atoms. The summed E-state index contributed by atoms with van der Waals surface area (Å²) in [4.78, 5) is 11.8. The van der Waals surface area contributed by atoms with E-state index >= 15 is 0 Å². The monoisotopic (exact) mass is 488 g/mol. The Labute approximate surface area is 217 Å². The number of aliphatic carboxylic acids is 1. The maximum Gasteiger partial charge on any atom is 0.303 e. The van der Waals surface area contributed by atoms with Crippen molar-refractivity contribution in [3.8, 4) is 5.75 Å². The number of hydrogen-bond donors (Lipinski definition) is 2. The molecule has 3 heteroatoms. The molecule has 0 aliphatic heterocycles. The molecule has 1 aromatic rings. The highest BCUT2D eigenvalue weighted by atomic mass is 16.4. The van der Waals surface area contributed by atoms with Gasteiger partial charge in [0.05, 0.1) is 6.42 Å². The van der Waals surface area contributed by atoms with E-state index in [1.54, 1.807) is 5.57 Å². The average molecular weight is 489 g/mol. The maximum absolute atomic E-state index is 11.8. The molecule has 6 rings (SSSR count). The van der Waals surface area contributed by atoms with E-state index in [9.17, 15) is 15.0 Å². The van der Waals surface area contributed by atoms with Gasteiger partial charge in [0.1, 0.15) is 5.75 Å². The molecule has 3 nitrogen and oxygen atoms in total. The Kier molecular flexibility index (Phi) is 4.93. The lowest BCUT2D eigenvalue weighted by molar-refractivity contribution is -0.143. The number of hydrogen-bond acceptors (Lipinski definition) is 2. The first kappa shape index (κ1) is 24.3. The van der Waals surface area contributed by atoms with Gasteiger partial charge >= 0.3 is 5.97 Å². The Morgan fingerprint density at radius 2 is 1.78 bits per heavy atom. The summed E-state index contributed by atoms with van der Waals surface area (Å²) in [5, 5.41) is 20.8. The molecule has 5 aliphatic rings. The van der Waals surface area contributed by atoms with Crippen LogP contribution in [0.15, 0.2) is 23.8 Å². The van der Waals surface area contributed by atoms with Crippen LogP contribution in [-0.4, -0.2) is 16.2 Å². The number of phenolic OH excluding ortho intramolecular Hbond substituents is 1. The maximum atomic E-state index is 11.8. The van der Waals surface area contributed by atoms with Crippen molar-refractivity contribution in [2.75, 3.05) is 0 Å². The van der Waals surface area contributed by atoms with Crippen LogP contribution in [0.4, 0.5) is 0 Å². The smallest absolute Gasteiger partial charge is 0.303 e. The second kappa shape index (κ2) is 7.29. The molecule has 0 aromatic heterocycles. The number of carboxylic acids is 1. The Balaban J connectivity index is 1.45. The van der Waals surface area contributed by atoms with Gasteiger partial charge in [-0.1, -0.05) is 58.4 Å². The molecule has 3 fully saturated rings. The number of allylic oxidation sites excluding steroid dienone is 3. The number of carboxylic acid groups (broad SMARTS) is 1. The molecule has 36 heavy (non-hydrogen) atoms. The van der Waals surface area contributed by atoms with Crippen LogP contribution in [0, 0.1) is 34.5 Å². The summed E-state index contributed by atoms with van der Waals surface area (Å²) in [7, 11) is 0.